The molecule has 0 spiro atoms. The van der Waals surface area contributed by atoms with E-state index in [0.29, 0.717) is 9.90 Å². The van der Waals surface area contributed by atoms with Gasteiger partial charge in [0.25, 0.3) is 0 Å². The van der Waals surface area contributed by atoms with Crippen molar-refractivity contribution in [3.05, 3.63) is 33.6 Å². The van der Waals surface area contributed by atoms with Crippen LogP contribution >= 0.6 is 22.9 Å². The molecule has 4 heteroatoms. The van der Waals surface area contributed by atoms with Crippen molar-refractivity contribution < 1.29 is 4.79 Å². The largest absolute Gasteiger partial charge is 0.383 e. The van der Waals surface area contributed by atoms with Crippen LogP contribution in [0.2, 0.25) is 4.34 Å². The van der Waals surface area contributed by atoms with Crippen LogP contribution in [0.4, 0.5) is 0 Å². The third kappa shape index (κ3) is 3.20. The summed E-state index contributed by atoms with van der Waals surface area (Å²) in [5.74, 6) is -0.0168. The van der Waals surface area contributed by atoms with Crippen LogP contribution in [0.25, 0.3) is 0 Å². The molecule has 0 N–H and O–H groups in total. The van der Waals surface area contributed by atoms with Gasteiger partial charge in [-0.1, -0.05) is 11.6 Å². The number of hydrogen-bond acceptors (Lipinski definition) is 3. The van der Waals surface area contributed by atoms with Crippen molar-refractivity contribution in [2.75, 3.05) is 14.1 Å². The Morgan fingerprint density at radius 2 is 2.31 bits per heavy atom. The molecule has 1 heterocycles. The molecular weight excluding hydrogens is 206 g/mol. The minimum absolute atomic E-state index is 0.0168. The normalized spacial score (nSPS) is 10.7. The van der Waals surface area contributed by atoms with Crippen LogP contribution in [-0.4, -0.2) is 24.8 Å². The summed E-state index contributed by atoms with van der Waals surface area (Å²) in [6, 6.07) is 1.68. The molecule has 1 aromatic heterocycles. The van der Waals surface area contributed by atoms with Gasteiger partial charge in [-0.05, 0) is 6.07 Å². The summed E-state index contributed by atoms with van der Waals surface area (Å²) >= 11 is 7.06. The van der Waals surface area contributed by atoms with Crippen molar-refractivity contribution in [1.29, 1.82) is 0 Å². The zero-order valence-corrected chi connectivity index (χ0v) is 9.02. The molecule has 0 saturated carbocycles. The van der Waals surface area contributed by atoms with Crippen LogP contribution in [0.15, 0.2) is 23.7 Å². The maximum Gasteiger partial charge on any atom is 0.188 e. The summed E-state index contributed by atoms with van der Waals surface area (Å²) < 4.78 is 0.640. The molecule has 0 aliphatic rings. The predicted molar refractivity (Wildman–Crippen MR) is 56.5 cm³/mol. The molecule has 0 aromatic carbocycles. The Morgan fingerprint density at radius 3 is 2.77 bits per heavy atom. The van der Waals surface area contributed by atoms with Crippen molar-refractivity contribution in [2.24, 2.45) is 0 Å². The highest BCUT2D eigenvalue weighted by atomic mass is 35.5. The van der Waals surface area contributed by atoms with Gasteiger partial charge in [0.2, 0.25) is 0 Å². The van der Waals surface area contributed by atoms with Gasteiger partial charge in [-0.3, -0.25) is 4.79 Å². The summed E-state index contributed by atoms with van der Waals surface area (Å²) in [5, 5.41) is 1.75. The highest BCUT2D eigenvalue weighted by Crippen LogP contribution is 2.20. The van der Waals surface area contributed by atoms with Crippen LogP contribution in [0.1, 0.15) is 10.4 Å². The van der Waals surface area contributed by atoms with E-state index in [-0.39, 0.29) is 5.78 Å². The number of carbonyl (C=O) groups is 1. The van der Waals surface area contributed by atoms with Crippen molar-refractivity contribution >= 4 is 28.7 Å². The Labute approximate surface area is 86.4 Å². The molecule has 0 aliphatic heterocycles. The van der Waals surface area contributed by atoms with Gasteiger partial charge in [-0.25, -0.2) is 0 Å². The number of nitrogens with zero attached hydrogens (tertiary/aromatic N) is 1. The van der Waals surface area contributed by atoms with Crippen LogP contribution in [-0.2, 0) is 0 Å². The number of hydrogen-bond donors (Lipinski definition) is 0. The number of ketones is 1. The molecule has 13 heavy (non-hydrogen) atoms. The zero-order valence-electron chi connectivity index (χ0n) is 7.45. The second-order valence-corrected chi connectivity index (χ2v) is 4.33. The van der Waals surface area contributed by atoms with Gasteiger partial charge in [0.15, 0.2) is 5.78 Å². The summed E-state index contributed by atoms with van der Waals surface area (Å²) in [4.78, 5) is 13.2. The van der Waals surface area contributed by atoms with Crippen LogP contribution < -0.4 is 0 Å². The van der Waals surface area contributed by atoms with E-state index < -0.39 is 0 Å². The van der Waals surface area contributed by atoms with Gasteiger partial charge >= 0.3 is 0 Å². The second kappa shape index (κ2) is 4.44. The second-order valence-electron chi connectivity index (χ2n) is 2.78. The van der Waals surface area contributed by atoms with Crippen molar-refractivity contribution in [3.63, 3.8) is 0 Å². The molecule has 2 nitrogen and oxygen atoms in total. The standard InChI is InChI=1S/C9H10ClNOS/c1-11(2)4-3-8(12)7-5-9(10)13-6-7/h3-6H,1-2H3. The Kier molecular flexibility index (Phi) is 3.51. The average molecular weight is 216 g/mol. The predicted octanol–water partition coefficient (Wildman–Crippen LogP) is 2.66. The smallest absolute Gasteiger partial charge is 0.188 e. The van der Waals surface area contributed by atoms with E-state index in [1.807, 2.05) is 19.0 Å². The number of thiophene rings is 1. The molecule has 0 atom stereocenters. The molecule has 0 bridgehead atoms. The molecule has 0 amide bonds. The zero-order chi connectivity index (χ0) is 9.84. The van der Waals surface area contributed by atoms with E-state index in [4.69, 9.17) is 11.6 Å². The Hall–Kier alpha value is -0.800. The number of carbonyl (C=O) groups excluding carboxylic acids is 1. The molecule has 0 radical (unpaired) electrons. The first-order valence-corrected chi connectivity index (χ1v) is 4.98. The highest BCUT2D eigenvalue weighted by molar-refractivity contribution is 7.14. The van der Waals surface area contributed by atoms with Gasteiger partial charge in [-0.15, -0.1) is 11.3 Å². The first kappa shape index (κ1) is 10.3. The summed E-state index contributed by atoms with van der Waals surface area (Å²) in [5.41, 5.74) is 0.646. The quantitative estimate of drug-likeness (QED) is 0.571. The van der Waals surface area contributed by atoms with Gasteiger partial charge in [0, 0.05) is 37.3 Å². The summed E-state index contributed by atoms with van der Waals surface area (Å²) in [6.45, 7) is 0. The van der Waals surface area contributed by atoms with Crippen molar-refractivity contribution in [2.45, 2.75) is 0 Å². The molecular formula is C9H10ClNOS. The van der Waals surface area contributed by atoms with Crippen molar-refractivity contribution in [1.82, 2.24) is 4.90 Å². The third-order valence-electron chi connectivity index (χ3n) is 1.38. The van der Waals surface area contributed by atoms with Gasteiger partial charge < -0.3 is 4.90 Å². The minimum Gasteiger partial charge on any atom is -0.383 e. The molecule has 0 unspecified atom stereocenters. The number of rotatable bonds is 3. The fourth-order valence-electron chi connectivity index (χ4n) is 0.752. The SMILES string of the molecule is CN(C)C=CC(=O)c1csc(Cl)c1. The maximum absolute atomic E-state index is 11.4. The van der Waals surface area contributed by atoms with E-state index in [1.54, 1.807) is 17.6 Å². The van der Waals surface area contributed by atoms with E-state index in [9.17, 15) is 4.79 Å². The average Bonchev–Trinajstić information content (AvgIpc) is 2.47. The molecule has 0 aliphatic carbocycles. The molecule has 0 saturated heterocycles. The van der Waals surface area contributed by atoms with Gasteiger partial charge in [0.05, 0.1) is 4.34 Å². The lowest BCUT2D eigenvalue weighted by Gasteiger charge is -2.01. The van der Waals surface area contributed by atoms with E-state index >= 15 is 0 Å². The van der Waals surface area contributed by atoms with E-state index in [1.165, 1.54) is 17.4 Å². The van der Waals surface area contributed by atoms with Crippen LogP contribution in [0, 0.1) is 0 Å². The van der Waals surface area contributed by atoms with Gasteiger partial charge in [0.1, 0.15) is 0 Å². The maximum atomic E-state index is 11.4. The Morgan fingerprint density at radius 1 is 1.62 bits per heavy atom. The monoisotopic (exact) mass is 215 g/mol. The molecule has 1 aromatic rings. The topological polar surface area (TPSA) is 20.3 Å². The number of halogens is 1. The van der Waals surface area contributed by atoms with Crippen LogP contribution in [0.5, 0.6) is 0 Å². The molecule has 70 valence electrons. The van der Waals surface area contributed by atoms with E-state index in [0.717, 1.165) is 0 Å². The summed E-state index contributed by atoms with van der Waals surface area (Å²) in [7, 11) is 3.73. The fourth-order valence-corrected chi connectivity index (χ4v) is 1.62. The molecule has 0 fully saturated rings. The Balaban J connectivity index is 2.69. The Bertz CT molecular complexity index is 330. The highest BCUT2D eigenvalue weighted by Gasteiger charge is 2.03. The number of allylic oxidation sites excluding steroid dienone is 1. The fraction of sp³-hybridized carbons (Fsp3) is 0.222. The van der Waals surface area contributed by atoms with Gasteiger partial charge in [-0.2, -0.15) is 0 Å². The van der Waals surface area contributed by atoms with E-state index in [2.05, 4.69) is 0 Å². The summed E-state index contributed by atoms with van der Waals surface area (Å²) in [6.07, 6.45) is 3.24. The molecule has 1 rings (SSSR count). The first-order valence-electron chi connectivity index (χ1n) is 3.72. The lowest BCUT2D eigenvalue weighted by molar-refractivity contribution is 0.104. The lowest BCUT2D eigenvalue weighted by atomic mass is 10.2. The first-order chi connectivity index (χ1) is 6.09. The lowest BCUT2D eigenvalue weighted by Crippen LogP contribution is -2.02. The third-order valence-corrected chi connectivity index (χ3v) is 2.47. The van der Waals surface area contributed by atoms with Crippen LogP contribution in [0.3, 0.4) is 0 Å². The minimum atomic E-state index is -0.0168. The van der Waals surface area contributed by atoms with Crippen molar-refractivity contribution in [3.8, 4) is 0 Å².